The van der Waals surface area contributed by atoms with E-state index in [2.05, 4.69) is 0 Å². The van der Waals surface area contributed by atoms with Gasteiger partial charge in [-0.05, 0) is 17.7 Å². The first-order chi connectivity index (χ1) is 7.51. The van der Waals surface area contributed by atoms with Crippen LogP contribution in [0.3, 0.4) is 0 Å². The summed E-state index contributed by atoms with van der Waals surface area (Å²) in [5, 5.41) is 26.9. The summed E-state index contributed by atoms with van der Waals surface area (Å²) >= 11 is 0. The first kappa shape index (κ1) is 11.8. The summed E-state index contributed by atoms with van der Waals surface area (Å²) in [6, 6.07) is 2.97. The van der Waals surface area contributed by atoms with Crippen LogP contribution in [0.25, 0.3) is 0 Å². The van der Waals surface area contributed by atoms with Gasteiger partial charge in [0.15, 0.2) is 11.5 Å². The fraction of sp³-hybridized carbons (Fsp3) is 0.200. The number of phenolic OH excluding ortho intramolecular Hbond substituents is 1. The van der Waals surface area contributed by atoms with Crippen molar-refractivity contribution in [2.75, 3.05) is 7.11 Å². The second-order valence-electron chi connectivity index (χ2n) is 3.05. The maximum Gasteiger partial charge on any atom is 0.325 e. The number of aromatic hydroxyl groups is 1. The number of carbonyl (C=O) groups is 1. The fourth-order valence-electron chi connectivity index (χ4n) is 1.19. The first-order valence-electron chi connectivity index (χ1n) is 4.30. The second kappa shape index (κ2) is 4.51. The van der Waals surface area contributed by atoms with Gasteiger partial charge in [0.05, 0.1) is 12.7 Å². The summed E-state index contributed by atoms with van der Waals surface area (Å²) in [4.78, 5) is 10.7. The van der Waals surface area contributed by atoms with Crippen molar-refractivity contribution in [2.45, 2.75) is 6.04 Å². The summed E-state index contributed by atoms with van der Waals surface area (Å²) in [5.74, 6) is -1.53. The third-order valence-electron chi connectivity index (χ3n) is 2.06. The number of nitrogens with zero attached hydrogens (tertiary/aromatic N) is 1. The Labute approximate surface area is 91.5 Å². The summed E-state index contributed by atoms with van der Waals surface area (Å²) in [6.07, 6.45) is 0. The average Bonchev–Trinajstić information content (AvgIpc) is 2.28. The molecule has 0 aliphatic rings. The van der Waals surface area contributed by atoms with Gasteiger partial charge in [0.25, 0.3) is 0 Å². The van der Waals surface area contributed by atoms with Crippen molar-refractivity contribution in [2.24, 2.45) is 5.73 Å². The Kier molecular flexibility index (Phi) is 3.33. The molecular weight excluding hydrogens is 212 g/mol. The molecule has 0 amide bonds. The highest BCUT2D eigenvalue weighted by molar-refractivity contribution is 5.76. The molecule has 6 heteroatoms. The van der Waals surface area contributed by atoms with E-state index in [0.717, 1.165) is 0 Å². The van der Waals surface area contributed by atoms with E-state index >= 15 is 0 Å². The Hall–Kier alpha value is -2.26. The van der Waals surface area contributed by atoms with Crippen molar-refractivity contribution < 1.29 is 19.7 Å². The van der Waals surface area contributed by atoms with Crippen molar-refractivity contribution in [3.63, 3.8) is 0 Å². The van der Waals surface area contributed by atoms with Crippen LogP contribution in [0.15, 0.2) is 12.1 Å². The van der Waals surface area contributed by atoms with Gasteiger partial charge in [-0.2, -0.15) is 5.26 Å². The van der Waals surface area contributed by atoms with Gasteiger partial charge < -0.3 is 20.7 Å². The van der Waals surface area contributed by atoms with E-state index in [1.807, 2.05) is 0 Å². The number of phenols is 1. The molecule has 0 radical (unpaired) electrons. The molecule has 0 saturated carbocycles. The number of methoxy groups -OCH3 is 1. The summed E-state index contributed by atoms with van der Waals surface area (Å²) in [7, 11) is 1.30. The Morgan fingerprint density at radius 1 is 1.62 bits per heavy atom. The minimum atomic E-state index is -1.26. The zero-order valence-corrected chi connectivity index (χ0v) is 8.47. The van der Waals surface area contributed by atoms with Gasteiger partial charge in [-0.25, -0.2) is 0 Å². The zero-order valence-electron chi connectivity index (χ0n) is 8.47. The van der Waals surface area contributed by atoms with Crippen LogP contribution >= 0.6 is 0 Å². The molecule has 0 bridgehead atoms. The van der Waals surface area contributed by atoms with E-state index in [1.165, 1.54) is 19.2 Å². The van der Waals surface area contributed by atoms with Gasteiger partial charge in [0.1, 0.15) is 12.1 Å². The van der Waals surface area contributed by atoms with E-state index < -0.39 is 12.0 Å². The SMILES string of the molecule is COc1cc(C(N)C(=O)O)cc(C#N)c1O. The summed E-state index contributed by atoms with van der Waals surface area (Å²) in [6.45, 7) is 0. The molecule has 0 spiro atoms. The van der Waals surface area contributed by atoms with Crippen molar-refractivity contribution in [3.05, 3.63) is 23.3 Å². The smallest absolute Gasteiger partial charge is 0.325 e. The Balaban J connectivity index is 3.34. The van der Waals surface area contributed by atoms with Gasteiger partial charge >= 0.3 is 5.97 Å². The highest BCUT2D eigenvalue weighted by Gasteiger charge is 2.19. The highest BCUT2D eigenvalue weighted by atomic mass is 16.5. The van der Waals surface area contributed by atoms with Crippen molar-refractivity contribution in [1.82, 2.24) is 0 Å². The first-order valence-corrected chi connectivity index (χ1v) is 4.30. The molecule has 6 nitrogen and oxygen atoms in total. The van der Waals surface area contributed by atoms with Gasteiger partial charge in [-0.3, -0.25) is 4.79 Å². The number of aliphatic carboxylic acids is 1. The quantitative estimate of drug-likeness (QED) is 0.679. The molecule has 1 rings (SSSR count). The normalized spacial score (nSPS) is 11.6. The third kappa shape index (κ3) is 2.04. The molecule has 0 aliphatic heterocycles. The number of carboxylic acid groups (broad SMARTS) is 1. The van der Waals surface area contributed by atoms with Gasteiger partial charge in [0, 0.05) is 0 Å². The Morgan fingerprint density at radius 2 is 2.25 bits per heavy atom. The predicted molar refractivity (Wildman–Crippen MR) is 53.9 cm³/mol. The van der Waals surface area contributed by atoms with E-state index in [4.69, 9.17) is 20.8 Å². The maximum atomic E-state index is 10.7. The molecule has 0 aliphatic carbocycles. The molecule has 4 N–H and O–H groups in total. The number of nitriles is 1. The summed E-state index contributed by atoms with van der Waals surface area (Å²) < 4.78 is 4.81. The molecule has 1 unspecified atom stereocenters. The number of rotatable bonds is 3. The zero-order chi connectivity index (χ0) is 12.3. The molecule has 0 heterocycles. The van der Waals surface area contributed by atoms with Crippen LogP contribution in [0.1, 0.15) is 17.2 Å². The number of hydrogen-bond donors (Lipinski definition) is 3. The third-order valence-corrected chi connectivity index (χ3v) is 2.06. The van der Waals surface area contributed by atoms with E-state index in [9.17, 15) is 9.90 Å². The lowest BCUT2D eigenvalue weighted by atomic mass is 10.0. The standard InChI is InChI=1S/C10H10N2O4/c1-16-7-3-5(8(12)10(14)15)2-6(4-11)9(7)13/h2-3,8,13H,12H2,1H3,(H,14,15). The molecule has 1 atom stereocenters. The van der Waals surface area contributed by atoms with Crippen LogP contribution in [-0.4, -0.2) is 23.3 Å². The lowest BCUT2D eigenvalue weighted by Gasteiger charge is -2.11. The number of ether oxygens (including phenoxy) is 1. The van der Waals surface area contributed by atoms with Crippen LogP contribution in [0, 0.1) is 11.3 Å². The van der Waals surface area contributed by atoms with Gasteiger partial charge in [-0.15, -0.1) is 0 Å². The minimum Gasteiger partial charge on any atom is -0.503 e. The molecule has 1 aromatic rings. The van der Waals surface area contributed by atoms with Crippen molar-refractivity contribution in [3.8, 4) is 17.6 Å². The van der Waals surface area contributed by atoms with E-state index in [-0.39, 0.29) is 22.6 Å². The molecule has 0 aromatic heterocycles. The molecule has 0 saturated heterocycles. The van der Waals surface area contributed by atoms with Crippen LogP contribution in [0.5, 0.6) is 11.5 Å². The van der Waals surface area contributed by atoms with Crippen LogP contribution in [0.4, 0.5) is 0 Å². The number of benzene rings is 1. The molecule has 16 heavy (non-hydrogen) atoms. The molecule has 1 aromatic carbocycles. The van der Waals surface area contributed by atoms with Crippen LogP contribution in [0.2, 0.25) is 0 Å². The molecule has 0 fully saturated rings. The van der Waals surface area contributed by atoms with Crippen molar-refractivity contribution >= 4 is 5.97 Å². The predicted octanol–water partition coefficient (Wildman–Crippen LogP) is 0.357. The highest BCUT2D eigenvalue weighted by Crippen LogP contribution is 2.32. The lowest BCUT2D eigenvalue weighted by Crippen LogP contribution is -2.20. The monoisotopic (exact) mass is 222 g/mol. The van der Waals surface area contributed by atoms with Crippen LogP contribution in [-0.2, 0) is 4.79 Å². The van der Waals surface area contributed by atoms with Gasteiger partial charge in [0.2, 0.25) is 0 Å². The minimum absolute atomic E-state index is 0.0192. The maximum absolute atomic E-state index is 10.7. The fourth-order valence-corrected chi connectivity index (χ4v) is 1.19. The number of carboxylic acids is 1. The number of nitrogens with two attached hydrogens (primary N) is 1. The Morgan fingerprint density at radius 3 is 2.69 bits per heavy atom. The van der Waals surface area contributed by atoms with Crippen molar-refractivity contribution in [1.29, 1.82) is 5.26 Å². The second-order valence-corrected chi connectivity index (χ2v) is 3.05. The van der Waals surface area contributed by atoms with E-state index in [0.29, 0.717) is 0 Å². The summed E-state index contributed by atoms with van der Waals surface area (Å²) in [5.41, 5.74) is 5.50. The van der Waals surface area contributed by atoms with Crippen LogP contribution < -0.4 is 10.5 Å². The number of hydrogen-bond acceptors (Lipinski definition) is 5. The van der Waals surface area contributed by atoms with E-state index in [1.54, 1.807) is 6.07 Å². The lowest BCUT2D eigenvalue weighted by molar-refractivity contribution is -0.138. The molecular formula is C10H10N2O4. The van der Waals surface area contributed by atoms with Gasteiger partial charge in [-0.1, -0.05) is 0 Å². The largest absolute Gasteiger partial charge is 0.503 e. The topological polar surface area (TPSA) is 117 Å². The Bertz CT molecular complexity index is 465. The molecule has 84 valence electrons. The average molecular weight is 222 g/mol.